The van der Waals surface area contributed by atoms with Crippen molar-refractivity contribution in [1.82, 2.24) is 10.2 Å². The fourth-order valence-electron chi connectivity index (χ4n) is 3.32. The quantitative estimate of drug-likeness (QED) is 0.778. The predicted molar refractivity (Wildman–Crippen MR) is 99.2 cm³/mol. The van der Waals surface area contributed by atoms with Gasteiger partial charge in [-0.25, -0.2) is 0 Å². The SMILES string of the molecule is CCOc1cc(C)c(C(=O)C(C)CN2CCNCC2)cc1C(C)C. The van der Waals surface area contributed by atoms with Gasteiger partial charge in [0.1, 0.15) is 5.75 Å². The molecule has 2 rings (SSSR count). The molecule has 24 heavy (non-hydrogen) atoms. The molecule has 1 aliphatic heterocycles. The number of nitrogens with zero attached hydrogens (tertiary/aromatic N) is 1. The summed E-state index contributed by atoms with van der Waals surface area (Å²) in [7, 11) is 0. The van der Waals surface area contributed by atoms with E-state index in [1.165, 1.54) is 0 Å². The molecule has 0 aliphatic carbocycles. The van der Waals surface area contributed by atoms with Crippen LogP contribution in [0.1, 0.15) is 55.1 Å². The van der Waals surface area contributed by atoms with E-state index in [0.717, 1.165) is 55.2 Å². The lowest BCUT2D eigenvalue weighted by Gasteiger charge is -2.29. The molecule has 1 N–H and O–H groups in total. The largest absolute Gasteiger partial charge is 0.494 e. The van der Waals surface area contributed by atoms with Crippen LogP contribution < -0.4 is 10.1 Å². The average Bonchev–Trinajstić information content (AvgIpc) is 2.55. The average molecular weight is 332 g/mol. The highest BCUT2D eigenvalue weighted by molar-refractivity contribution is 5.99. The molecule has 4 heteroatoms. The lowest BCUT2D eigenvalue weighted by Crippen LogP contribution is -2.45. The summed E-state index contributed by atoms with van der Waals surface area (Å²) in [5.74, 6) is 1.51. The van der Waals surface area contributed by atoms with Gasteiger partial charge >= 0.3 is 0 Å². The first-order valence-electron chi connectivity index (χ1n) is 9.18. The first-order valence-corrected chi connectivity index (χ1v) is 9.18. The van der Waals surface area contributed by atoms with Crippen molar-refractivity contribution in [1.29, 1.82) is 0 Å². The van der Waals surface area contributed by atoms with Crippen molar-refractivity contribution in [2.75, 3.05) is 39.3 Å². The summed E-state index contributed by atoms with van der Waals surface area (Å²) in [5, 5.41) is 3.36. The number of nitrogens with one attached hydrogen (secondary N) is 1. The lowest BCUT2D eigenvalue weighted by atomic mass is 9.90. The van der Waals surface area contributed by atoms with Gasteiger partial charge in [0.05, 0.1) is 6.61 Å². The molecule has 1 unspecified atom stereocenters. The maximum Gasteiger partial charge on any atom is 0.167 e. The van der Waals surface area contributed by atoms with Gasteiger partial charge in [-0.05, 0) is 43.0 Å². The van der Waals surface area contributed by atoms with E-state index in [1.54, 1.807) is 0 Å². The second kappa shape index (κ2) is 8.63. The molecular formula is C20H32N2O2. The molecule has 0 aromatic heterocycles. The van der Waals surface area contributed by atoms with Crippen molar-refractivity contribution >= 4 is 5.78 Å². The van der Waals surface area contributed by atoms with Gasteiger partial charge in [-0.2, -0.15) is 0 Å². The van der Waals surface area contributed by atoms with Crippen LogP contribution in [-0.2, 0) is 0 Å². The van der Waals surface area contributed by atoms with E-state index in [9.17, 15) is 4.79 Å². The zero-order valence-electron chi connectivity index (χ0n) is 15.8. The number of Topliss-reactive ketones (excluding diaryl/α,β-unsaturated/α-hetero) is 1. The van der Waals surface area contributed by atoms with Gasteiger partial charge in [0, 0.05) is 44.2 Å². The van der Waals surface area contributed by atoms with Gasteiger partial charge in [0.15, 0.2) is 5.78 Å². The maximum atomic E-state index is 13.0. The molecule has 1 atom stereocenters. The lowest BCUT2D eigenvalue weighted by molar-refractivity contribution is 0.0886. The van der Waals surface area contributed by atoms with Gasteiger partial charge < -0.3 is 15.0 Å². The van der Waals surface area contributed by atoms with E-state index in [1.807, 2.05) is 19.9 Å². The minimum atomic E-state index is 0.0137. The first-order chi connectivity index (χ1) is 11.4. The van der Waals surface area contributed by atoms with Crippen molar-refractivity contribution in [3.8, 4) is 5.75 Å². The van der Waals surface area contributed by atoms with Crippen molar-refractivity contribution in [2.45, 2.75) is 40.5 Å². The number of hydrogen-bond donors (Lipinski definition) is 1. The Morgan fingerprint density at radius 3 is 2.50 bits per heavy atom. The molecule has 134 valence electrons. The molecule has 1 aromatic carbocycles. The molecule has 1 aliphatic rings. The molecular weight excluding hydrogens is 300 g/mol. The summed E-state index contributed by atoms with van der Waals surface area (Å²) in [6, 6.07) is 4.09. The molecule has 0 spiro atoms. The van der Waals surface area contributed by atoms with Gasteiger partial charge in [-0.15, -0.1) is 0 Å². The summed E-state index contributed by atoms with van der Waals surface area (Å²) in [5.41, 5.74) is 2.99. The van der Waals surface area contributed by atoms with Crippen LogP contribution in [0.2, 0.25) is 0 Å². The molecule has 1 fully saturated rings. The molecule has 0 amide bonds. The monoisotopic (exact) mass is 332 g/mol. The Morgan fingerprint density at radius 2 is 1.92 bits per heavy atom. The van der Waals surface area contributed by atoms with Gasteiger partial charge in [0.25, 0.3) is 0 Å². The minimum absolute atomic E-state index is 0.0137. The minimum Gasteiger partial charge on any atom is -0.494 e. The Labute approximate surface area is 146 Å². The van der Waals surface area contributed by atoms with E-state index in [-0.39, 0.29) is 11.7 Å². The van der Waals surface area contributed by atoms with E-state index in [4.69, 9.17) is 4.74 Å². The fraction of sp³-hybridized carbons (Fsp3) is 0.650. The summed E-state index contributed by atoms with van der Waals surface area (Å²) in [6.07, 6.45) is 0. The van der Waals surface area contributed by atoms with Crippen LogP contribution in [0.25, 0.3) is 0 Å². The number of carbonyl (C=O) groups excluding carboxylic acids is 1. The number of piperazine rings is 1. The van der Waals surface area contributed by atoms with Crippen LogP contribution in [0.4, 0.5) is 0 Å². The van der Waals surface area contributed by atoms with E-state index in [2.05, 4.69) is 37.1 Å². The van der Waals surface area contributed by atoms with Crippen LogP contribution >= 0.6 is 0 Å². The van der Waals surface area contributed by atoms with E-state index >= 15 is 0 Å². The van der Waals surface area contributed by atoms with Gasteiger partial charge in [0.2, 0.25) is 0 Å². The standard InChI is InChI=1S/C20H32N2O2/c1-6-24-19-11-15(4)18(12-17(19)14(2)3)20(23)16(5)13-22-9-7-21-8-10-22/h11-12,14,16,21H,6-10,13H2,1-5H3. The second-order valence-electron chi connectivity index (χ2n) is 7.11. The molecule has 4 nitrogen and oxygen atoms in total. The van der Waals surface area contributed by atoms with Gasteiger partial charge in [-0.3, -0.25) is 4.79 Å². The van der Waals surface area contributed by atoms with E-state index < -0.39 is 0 Å². The van der Waals surface area contributed by atoms with Crippen molar-refractivity contribution in [3.63, 3.8) is 0 Å². The zero-order chi connectivity index (χ0) is 17.7. The second-order valence-corrected chi connectivity index (χ2v) is 7.11. The van der Waals surface area contributed by atoms with E-state index in [0.29, 0.717) is 12.5 Å². The molecule has 1 aromatic rings. The first kappa shape index (κ1) is 18.9. The van der Waals surface area contributed by atoms with Crippen molar-refractivity contribution < 1.29 is 9.53 Å². The smallest absolute Gasteiger partial charge is 0.167 e. The number of aryl methyl sites for hydroxylation is 1. The van der Waals surface area contributed by atoms with Crippen LogP contribution in [-0.4, -0.2) is 50.0 Å². The Kier molecular flexibility index (Phi) is 6.81. The summed E-state index contributed by atoms with van der Waals surface area (Å²) in [6.45, 7) is 15.9. The van der Waals surface area contributed by atoms with Crippen molar-refractivity contribution in [3.05, 3.63) is 28.8 Å². The topological polar surface area (TPSA) is 41.6 Å². The van der Waals surface area contributed by atoms with Crippen LogP contribution in [0.3, 0.4) is 0 Å². The Bertz CT molecular complexity index is 563. The predicted octanol–water partition coefficient (Wildman–Crippen LogP) is 3.24. The highest BCUT2D eigenvalue weighted by atomic mass is 16.5. The summed E-state index contributed by atoms with van der Waals surface area (Å²) < 4.78 is 5.77. The third-order valence-corrected chi connectivity index (χ3v) is 4.73. The molecule has 0 radical (unpaired) electrons. The fourth-order valence-corrected chi connectivity index (χ4v) is 3.32. The highest BCUT2D eigenvalue weighted by Crippen LogP contribution is 2.31. The summed E-state index contributed by atoms with van der Waals surface area (Å²) >= 11 is 0. The normalized spacial score (nSPS) is 17.1. The number of carbonyl (C=O) groups is 1. The summed E-state index contributed by atoms with van der Waals surface area (Å²) in [4.78, 5) is 15.4. The highest BCUT2D eigenvalue weighted by Gasteiger charge is 2.23. The number of benzene rings is 1. The Balaban J connectivity index is 2.19. The number of ketones is 1. The van der Waals surface area contributed by atoms with Gasteiger partial charge in [-0.1, -0.05) is 20.8 Å². The number of rotatable bonds is 7. The maximum absolute atomic E-state index is 13.0. The molecule has 1 saturated heterocycles. The van der Waals surface area contributed by atoms with Crippen LogP contribution in [0, 0.1) is 12.8 Å². The third kappa shape index (κ3) is 4.58. The number of hydrogen-bond acceptors (Lipinski definition) is 4. The Hall–Kier alpha value is -1.39. The van der Waals surface area contributed by atoms with Crippen LogP contribution in [0.15, 0.2) is 12.1 Å². The third-order valence-electron chi connectivity index (χ3n) is 4.73. The molecule has 1 heterocycles. The number of ether oxygens (including phenoxy) is 1. The molecule has 0 bridgehead atoms. The zero-order valence-corrected chi connectivity index (χ0v) is 15.8. The van der Waals surface area contributed by atoms with Crippen LogP contribution in [0.5, 0.6) is 5.75 Å². The van der Waals surface area contributed by atoms with Crippen molar-refractivity contribution in [2.24, 2.45) is 5.92 Å². The Morgan fingerprint density at radius 1 is 1.25 bits per heavy atom. The molecule has 0 saturated carbocycles.